The Balaban J connectivity index is 1.70. The number of rotatable bonds is 6. The van der Waals surface area contributed by atoms with Gasteiger partial charge in [0.2, 0.25) is 5.91 Å². The van der Waals surface area contributed by atoms with Gasteiger partial charge in [0.1, 0.15) is 0 Å². The molecule has 1 amide bonds. The molecule has 1 aromatic heterocycles. The van der Waals surface area contributed by atoms with Gasteiger partial charge >= 0.3 is 0 Å². The number of amides is 1. The third-order valence-corrected chi connectivity index (χ3v) is 7.82. The minimum atomic E-state index is -3.02. The van der Waals surface area contributed by atoms with Crippen LogP contribution in [0.2, 0.25) is 0 Å². The molecule has 134 valence electrons. The number of thioether (sulfide) groups is 1. The number of nitrogens with zero attached hydrogens (tertiary/aromatic N) is 1. The van der Waals surface area contributed by atoms with E-state index in [4.69, 9.17) is 0 Å². The van der Waals surface area contributed by atoms with Crippen LogP contribution in [-0.2, 0) is 21.2 Å². The van der Waals surface area contributed by atoms with E-state index in [0.29, 0.717) is 18.7 Å². The minimum Gasteiger partial charge on any atom is -0.333 e. The second kappa shape index (κ2) is 7.93. The van der Waals surface area contributed by atoms with Crippen molar-refractivity contribution >= 4 is 38.8 Å². The zero-order valence-corrected chi connectivity index (χ0v) is 16.5. The Morgan fingerprint density at radius 2 is 2.16 bits per heavy atom. The molecule has 0 aliphatic carbocycles. The Labute approximate surface area is 157 Å². The Morgan fingerprint density at radius 1 is 1.32 bits per heavy atom. The van der Waals surface area contributed by atoms with Crippen molar-refractivity contribution in [1.82, 2.24) is 4.90 Å². The summed E-state index contributed by atoms with van der Waals surface area (Å²) in [5.41, 5.74) is 1.16. The predicted molar refractivity (Wildman–Crippen MR) is 104 cm³/mol. The summed E-state index contributed by atoms with van der Waals surface area (Å²) in [7, 11) is -3.02. The van der Waals surface area contributed by atoms with Crippen LogP contribution in [0.15, 0.2) is 46.7 Å². The van der Waals surface area contributed by atoms with E-state index in [1.165, 1.54) is 11.8 Å². The molecule has 0 spiro atoms. The van der Waals surface area contributed by atoms with E-state index in [9.17, 15) is 13.2 Å². The zero-order chi connectivity index (χ0) is 17.9. The number of sulfone groups is 1. The van der Waals surface area contributed by atoms with Crippen LogP contribution in [0.3, 0.4) is 0 Å². The lowest BCUT2D eigenvalue weighted by Gasteiger charge is -2.28. The molecule has 1 saturated heterocycles. The summed E-state index contributed by atoms with van der Waals surface area (Å²) in [6, 6.07) is 11.8. The highest BCUT2D eigenvalue weighted by molar-refractivity contribution is 8.00. The second-order valence-corrected chi connectivity index (χ2v) is 10.6. The van der Waals surface area contributed by atoms with Crippen molar-refractivity contribution in [2.75, 3.05) is 17.3 Å². The number of aryl methyl sites for hydroxylation is 1. The second-order valence-electron chi connectivity index (χ2n) is 6.26. The molecule has 3 rings (SSSR count). The van der Waals surface area contributed by atoms with E-state index >= 15 is 0 Å². The van der Waals surface area contributed by atoms with Crippen LogP contribution in [0.5, 0.6) is 0 Å². The van der Waals surface area contributed by atoms with Crippen molar-refractivity contribution in [2.45, 2.75) is 30.8 Å². The van der Waals surface area contributed by atoms with E-state index in [2.05, 4.69) is 6.07 Å². The molecule has 25 heavy (non-hydrogen) atoms. The molecule has 2 heterocycles. The van der Waals surface area contributed by atoms with E-state index in [-0.39, 0.29) is 23.5 Å². The van der Waals surface area contributed by atoms with Gasteiger partial charge in [-0.05, 0) is 36.9 Å². The fourth-order valence-corrected chi connectivity index (χ4v) is 6.28. The lowest BCUT2D eigenvalue weighted by atomic mass is 10.2. The highest BCUT2D eigenvalue weighted by Gasteiger charge is 2.34. The number of hydrogen-bond donors (Lipinski definition) is 0. The van der Waals surface area contributed by atoms with Crippen LogP contribution < -0.4 is 0 Å². The monoisotopic (exact) mass is 395 g/mol. The first kappa shape index (κ1) is 18.5. The van der Waals surface area contributed by atoms with Crippen molar-refractivity contribution in [2.24, 2.45) is 0 Å². The molecule has 0 bridgehead atoms. The molecule has 0 saturated carbocycles. The molecule has 4 nitrogen and oxygen atoms in total. The van der Waals surface area contributed by atoms with E-state index < -0.39 is 9.84 Å². The summed E-state index contributed by atoms with van der Waals surface area (Å²) < 4.78 is 23.7. The van der Waals surface area contributed by atoms with Crippen molar-refractivity contribution in [1.29, 1.82) is 0 Å². The SMILES string of the molecule is Cc1cccc(SCC(=O)N(Cc2cccs2)C2CCS(=O)(=O)C2)c1. The van der Waals surface area contributed by atoms with Crippen molar-refractivity contribution in [3.63, 3.8) is 0 Å². The number of benzene rings is 1. The summed E-state index contributed by atoms with van der Waals surface area (Å²) >= 11 is 3.10. The molecule has 2 aromatic rings. The average Bonchev–Trinajstić information content (AvgIpc) is 3.19. The first-order valence-electron chi connectivity index (χ1n) is 8.15. The van der Waals surface area contributed by atoms with Gasteiger partial charge in [-0.15, -0.1) is 23.1 Å². The van der Waals surface area contributed by atoms with Crippen LogP contribution in [0.1, 0.15) is 16.9 Å². The standard InChI is InChI=1S/C18H21NO3S3/c1-14-4-2-5-16(10-14)24-12-18(20)19(11-17-6-3-8-23-17)15-7-9-25(21,22)13-15/h2-6,8,10,15H,7,9,11-13H2,1H3. The van der Waals surface area contributed by atoms with Crippen LogP contribution in [0.4, 0.5) is 0 Å². The van der Waals surface area contributed by atoms with Gasteiger partial charge in [-0.25, -0.2) is 8.42 Å². The molecule has 1 fully saturated rings. The largest absolute Gasteiger partial charge is 0.333 e. The molecule has 1 aliphatic heterocycles. The van der Waals surface area contributed by atoms with E-state index in [1.807, 2.05) is 42.6 Å². The normalized spacial score (nSPS) is 19.0. The lowest BCUT2D eigenvalue weighted by molar-refractivity contribution is -0.130. The van der Waals surface area contributed by atoms with Gasteiger partial charge in [-0.2, -0.15) is 0 Å². The highest BCUT2D eigenvalue weighted by atomic mass is 32.2. The van der Waals surface area contributed by atoms with Gasteiger partial charge in [-0.3, -0.25) is 4.79 Å². The summed E-state index contributed by atoms with van der Waals surface area (Å²) in [6.07, 6.45) is 0.536. The molecule has 7 heteroatoms. The van der Waals surface area contributed by atoms with Crippen LogP contribution in [-0.4, -0.2) is 42.5 Å². The quantitative estimate of drug-likeness (QED) is 0.704. The first-order valence-corrected chi connectivity index (χ1v) is 11.8. The van der Waals surface area contributed by atoms with Gasteiger partial charge < -0.3 is 4.90 Å². The van der Waals surface area contributed by atoms with Crippen LogP contribution in [0.25, 0.3) is 0 Å². The number of carbonyl (C=O) groups is 1. The topological polar surface area (TPSA) is 54.5 Å². The Morgan fingerprint density at radius 3 is 2.80 bits per heavy atom. The smallest absolute Gasteiger partial charge is 0.233 e. The summed E-state index contributed by atoms with van der Waals surface area (Å²) in [5, 5.41) is 1.98. The first-order chi connectivity index (χ1) is 11.9. The number of hydrogen-bond acceptors (Lipinski definition) is 5. The maximum absolute atomic E-state index is 12.8. The maximum Gasteiger partial charge on any atom is 0.233 e. The van der Waals surface area contributed by atoms with Crippen molar-refractivity contribution in [3.05, 3.63) is 52.2 Å². The minimum absolute atomic E-state index is 0.00186. The van der Waals surface area contributed by atoms with Crippen molar-refractivity contribution < 1.29 is 13.2 Å². The summed E-state index contributed by atoms with van der Waals surface area (Å²) in [6.45, 7) is 2.52. The number of thiophene rings is 1. The Hall–Kier alpha value is -1.31. The Bertz CT molecular complexity index is 831. The summed E-state index contributed by atoms with van der Waals surface area (Å²) in [5.74, 6) is 0.587. The molecule has 1 atom stereocenters. The van der Waals surface area contributed by atoms with Crippen LogP contribution >= 0.6 is 23.1 Å². The molecular weight excluding hydrogens is 374 g/mol. The third-order valence-electron chi connectivity index (χ3n) is 4.23. The average molecular weight is 396 g/mol. The van der Waals surface area contributed by atoms with Gasteiger partial charge in [-0.1, -0.05) is 23.8 Å². The highest BCUT2D eigenvalue weighted by Crippen LogP contribution is 2.25. The fraction of sp³-hybridized carbons (Fsp3) is 0.389. The number of carbonyl (C=O) groups excluding carboxylic acids is 1. The van der Waals surface area contributed by atoms with Gasteiger partial charge in [0.25, 0.3) is 0 Å². The zero-order valence-electron chi connectivity index (χ0n) is 14.1. The molecule has 1 aliphatic rings. The summed E-state index contributed by atoms with van der Waals surface area (Å²) in [4.78, 5) is 16.7. The van der Waals surface area contributed by atoms with Gasteiger partial charge in [0, 0.05) is 15.8 Å². The fourth-order valence-electron chi connectivity index (χ4n) is 2.95. The third kappa shape index (κ3) is 5.09. The molecule has 1 unspecified atom stereocenters. The maximum atomic E-state index is 12.8. The van der Waals surface area contributed by atoms with E-state index in [0.717, 1.165) is 15.3 Å². The van der Waals surface area contributed by atoms with Gasteiger partial charge in [0.05, 0.1) is 23.8 Å². The van der Waals surface area contributed by atoms with Crippen molar-refractivity contribution in [3.8, 4) is 0 Å². The molecule has 0 radical (unpaired) electrons. The van der Waals surface area contributed by atoms with E-state index in [1.54, 1.807) is 16.2 Å². The lowest BCUT2D eigenvalue weighted by Crippen LogP contribution is -2.41. The Kier molecular flexibility index (Phi) is 5.86. The predicted octanol–water partition coefficient (Wildman–Crippen LogP) is 3.36. The molecular formula is C18H21NO3S3. The molecule has 0 N–H and O–H groups in total. The van der Waals surface area contributed by atoms with Gasteiger partial charge in [0.15, 0.2) is 9.84 Å². The van der Waals surface area contributed by atoms with Crippen LogP contribution in [0, 0.1) is 6.92 Å². The molecule has 1 aromatic carbocycles.